The Morgan fingerprint density at radius 2 is 1.68 bits per heavy atom. The Bertz CT molecular complexity index is 1300. The van der Waals surface area contributed by atoms with Crippen LogP contribution >= 0.6 is 0 Å². The summed E-state index contributed by atoms with van der Waals surface area (Å²) in [4.78, 5) is 31.7. The predicted molar refractivity (Wildman–Crippen MR) is 129 cm³/mol. The lowest BCUT2D eigenvalue weighted by Gasteiger charge is -2.28. The summed E-state index contributed by atoms with van der Waals surface area (Å²) in [5.74, 6) is -0.105. The van der Waals surface area contributed by atoms with Gasteiger partial charge in [-0.25, -0.2) is 0 Å². The lowest BCUT2D eigenvalue weighted by Crippen LogP contribution is -2.36. The summed E-state index contributed by atoms with van der Waals surface area (Å²) in [7, 11) is 0. The number of amides is 2. The van der Waals surface area contributed by atoms with Crippen LogP contribution in [0.1, 0.15) is 26.3 Å². The van der Waals surface area contributed by atoms with Crippen LogP contribution in [0.3, 0.4) is 0 Å². The molecule has 9 nitrogen and oxygen atoms in total. The van der Waals surface area contributed by atoms with Crippen LogP contribution < -0.4 is 15.5 Å². The predicted octanol–water partition coefficient (Wildman–Crippen LogP) is 2.98. The number of pyridine rings is 1. The molecule has 1 fully saturated rings. The number of morpholine rings is 1. The van der Waals surface area contributed by atoms with Crippen LogP contribution in [0, 0.1) is 0 Å². The summed E-state index contributed by atoms with van der Waals surface area (Å²) >= 11 is 0. The maximum absolute atomic E-state index is 12.8. The second kappa shape index (κ2) is 9.72. The van der Waals surface area contributed by atoms with Gasteiger partial charge in [0.15, 0.2) is 5.82 Å². The minimum Gasteiger partial charge on any atom is -0.378 e. The Labute approximate surface area is 196 Å². The van der Waals surface area contributed by atoms with E-state index in [0.29, 0.717) is 42.1 Å². The molecule has 2 amide bonds. The molecule has 0 atom stereocenters. The van der Waals surface area contributed by atoms with Gasteiger partial charge in [-0.2, -0.15) is 5.10 Å². The number of aromatic nitrogens is 3. The van der Waals surface area contributed by atoms with Gasteiger partial charge in [0.1, 0.15) is 0 Å². The van der Waals surface area contributed by atoms with Crippen LogP contribution in [0.2, 0.25) is 0 Å². The van der Waals surface area contributed by atoms with Crippen molar-refractivity contribution in [3.63, 3.8) is 0 Å². The Morgan fingerprint density at radius 3 is 2.44 bits per heavy atom. The molecule has 172 valence electrons. The van der Waals surface area contributed by atoms with E-state index in [2.05, 4.69) is 30.7 Å². The average Bonchev–Trinajstić information content (AvgIpc) is 3.30. The van der Waals surface area contributed by atoms with Crippen molar-refractivity contribution in [1.29, 1.82) is 0 Å². The van der Waals surface area contributed by atoms with Crippen molar-refractivity contribution in [2.75, 3.05) is 36.5 Å². The van der Waals surface area contributed by atoms with Gasteiger partial charge in [0, 0.05) is 54.2 Å². The molecular weight excluding hydrogens is 432 g/mol. The molecule has 0 saturated carbocycles. The highest BCUT2D eigenvalue weighted by Crippen LogP contribution is 2.23. The SMILES string of the molecule is O=C(NCc1ccncc1)c1ccc2[nH]nc(NC(=O)c3ccc(N4CCOCC4)cc3)c2c1. The molecule has 2 aromatic carbocycles. The van der Waals surface area contributed by atoms with Gasteiger partial charge in [-0.3, -0.25) is 19.7 Å². The van der Waals surface area contributed by atoms with Crippen molar-refractivity contribution in [2.45, 2.75) is 6.54 Å². The van der Waals surface area contributed by atoms with Gasteiger partial charge in [0.05, 0.1) is 18.7 Å². The van der Waals surface area contributed by atoms with E-state index < -0.39 is 0 Å². The first-order chi connectivity index (χ1) is 16.7. The number of H-pyrrole nitrogens is 1. The number of fused-ring (bicyclic) bond motifs is 1. The van der Waals surface area contributed by atoms with Crippen molar-refractivity contribution in [3.05, 3.63) is 83.7 Å². The average molecular weight is 457 g/mol. The quantitative estimate of drug-likeness (QED) is 0.411. The number of carbonyl (C=O) groups excluding carboxylic acids is 2. The Balaban J connectivity index is 1.28. The fourth-order valence-electron chi connectivity index (χ4n) is 3.86. The molecule has 5 rings (SSSR count). The molecule has 0 unspecified atom stereocenters. The minimum atomic E-state index is -0.269. The number of nitrogens with zero attached hydrogens (tertiary/aromatic N) is 3. The standard InChI is InChI=1S/C25H24N6O3/c32-24(27-16-17-7-9-26-10-8-17)19-3-6-22-21(15-19)23(30-29-22)28-25(33)18-1-4-20(5-2-18)31-11-13-34-14-12-31/h1-10,15H,11-14,16H2,(H,27,32)(H2,28,29,30,33). The van der Waals surface area contributed by atoms with Crippen LogP contribution in [0.4, 0.5) is 11.5 Å². The maximum atomic E-state index is 12.8. The Hall–Kier alpha value is -4.24. The minimum absolute atomic E-state index is 0.212. The molecule has 1 aliphatic heterocycles. The second-order valence-corrected chi connectivity index (χ2v) is 7.97. The first-order valence-corrected chi connectivity index (χ1v) is 11.1. The zero-order chi connectivity index (χ0) is 23.3. The topological polar surface area (TPSA) is 112 Å². The van der Waals surface area contributed by atoms with Gasteiger partial charge in [0.2, 0.25) is 0 Å². The maximum Gasteiger partial charge on any atom is 0.256 e. The molecule has 3 heterocycles. The highest BCUT2D eigenvalue weighted by Gasteiger charge is 2.15. The molecular formula is C25H24N6O3. The van der Waals surface area contributed by atoms with Gasteiger partial charge >= 0.3 is 0 Å². The first kappa shape index (κ1) is 21.6. The number of benzene rings is 2. The zero-order valence-electron chi connectivity index (χ0n) is 18.5. The molecule has 4 aromatic rings. The lowest BCUT2D eigenvalue weighted by molar-refractivity contribution is 0.0950. The Morgan fingerprint density at radius 1 is 0.941 bits per heavy atom. The van der Waals surface area contributed by atoms with E-state index in [4.69, 9.17) is 4.74 Å². The summed E-state index contributed by atoms with van der Waals surface area (Å²) in [6, 6.07) is 16.4. The normalized spacial score (nSPS) is 13.6. The van der Waals surface area contributed by atoms with Crippen molar-refractivity contribution in [1.82, 2.24) is 20.5 Å². The molecule has 2 aromatic heterocycles. The lowest BCUT2D eigenvalue weighted by atomic mass is 10.1. The van der Waals surface area contributed by atoms with E-state index in [1.165, 1.54) is 0 Å². The van der Waals surface area contributed by atoms with Gasteiger partial charge < -0.3 is 20.3 Å². The molecule has 34 heavy (non-hydrogen) atoms. The highest BCUT2D eigenvalue weighted by molar-refractivity contribution is 6.09. The number of hydrogen-bond donors (Lipinski definition) is 3. The summed E-state index contributed by atoms with van der Waals surface area (Å²) in [5, 5.41) is 13.5. The van der Waals surface area contributed by atoms with Gasteiger partial charge in [-0.05, 0) is 60.2 Å². The third-order valence-electron chi connectivity index (χ3n) is 5.77. The summed E-state index contributed by atoms with van der Waals surface area (Å²) in [6.07, 6.45) is 3.37. The largest absolute Gasteiger partial charge is 0.378 e. The van der Waals surface area contributed by atoms with E-state index >= 15 is 0 Å². The van der Waals surface area contributed by atoms with Crippen LogP contribution in [-0.2, 0) is 11.3 Å². The van der Waals surface area contributed by atoms with Crippen LogP contribution in [0.15, 0.2) is 67.0 Å². The molecule has 0 spiro atoms. The summed E-state index contributed by atoms with van der Waals surface area (Å²) in [6.45, 7) is 3.48. The Kier molecular flexibility index (Phi) is 6.17. The molecule has 1 aliphatic rings. The third-order valence-corrected chi connectivity index (χ3v) is 5.77. The number of hydrogen-bond acceptors (Lipinski definition) is 6. The van der Waals surface area contributed by atoms with E-state index in [-0.39, 0.29) is 11.8 Å². The van der Waals surface area contributed by atoms with Crippen LogP contribution in [-0.4, -0.2) is 53.3 Å². The van der Waals surface area contributed by atoms with Crippen molar-refractivity contribution in [2.24, 2.45) is 0 Å². The smallest absolute Gasteiger partial charge is 0.256 e. The van der Waals surface area contributed by atoms with E-state index in [1.54, 1.807) is 42.7 Å². The molecule has 9 heteroatoms. The number of nitrogens with one attached hydrogen (secondary N) is 3. The number of carbonyl (C=O) groups is 2. The van der Waals surface area contributed by atoms with Crippen LogP contribution in [0.25, 0.3) is 10.9 Å². The number of rotatable bonds is 6. The fraction of sp³-hybridized carbons (Fsp3) is 0.200. The number of anilines is 2. The number of ether oxygens (including phenoxy) is 1. The molecule has 0 radical (unpaired) electrons. The highest BCUT2D eigenvalue weighted by atomic mass is 16.5. The van der Waals surface area contributed by atoms with Gasteiger partial charge in [-0.15, -0.1) is 0 Å². The van der Waals surface area contributed by atoms with Crippen molar-refractivity contribution in [3.8, 4) is 0 Å². The van der Waals surface area contributed by atoms with Gasteiger partial charge in [-0.1, -0.05) is 0 Å². The van der Waals surface area contributed by atoms with E-state index in [0.717, 1.165) is 29.9 Å². The molecule has 0 bridgehead atoms. The third kappa shape index (κ3) is 4.74. The first-order valence-electron chi connectivity index (χ1n) is 11.1. The van der Waals surface area contributed by atoms with E-state index in [1.807, 2.05) is 24.3 Å². The zero-order valence-corrected chi connectivity index (χ0v) is 18.5. The second-order valence-electron chi connectivity index (χ2n) is 7.97. The molecule has 0 aliphatic carbocycles. The summed E-state index contributed by atoms with van der Waals surface area (Å²) < 4.78 is 5.39. The summed E-state index contributed by atoms with van der Waals surface area (Å²) in [5.41, 5.74) is 3.75. The fourth-order valence-corrected chi connectivity index (χ4v) is 3.86. The van der Waals surface area contributed by atoms with E-state index in [9.17, 15) is 9.59 Å². The van der Waals surface area contributed by atoms with Gasteiger partial charge in [0.25, 0.3) is 11.8 Å². The molecule has 1 saturated heterocycles. The van der Waals surface area contributed by atoms with Crippen molar-refractivity contribution < 1.29 is 14.3 Å². The van der Waals surface area contributed by atoms with Crippen molar-refractivity contribution >= 4 is 34.2 Å². The monoisotopic (exact) mass is 456 g/mol. The van der Waals surface area contributed by atoms with Crippen LogP contribution in [0.5, 0.6) is 0 Å². The number of aromatic amines is 1. The molecule has 3 N–H and O–H groups in total.